The minimum Gasteiger partial charge on any atom is -0.497 e. The fraction of sp³-hybridized carbons (Fsp3) is 0.375. The molecule has 0 aliphatic carbocycles. The molecule has 8 nitrogen and oxygen atoms in total. The van der Waals surface area contributed by atoms with Crippen LogP contribution in [0.2, 0.25) is 0 Å². The molecule has 1 N–H and O–H groups in total. The first-order chi connectivity index (χ1) is 19.5. The third kappa shape index (κ3) is 8.10. The molecule has 3 rings (SSSR count). The van der Waals surface area contributed by atoms with Crippen molar-refractivity contribution in [2.45, 2.75) is 71.0 Å². The summed E-state index contributed by atoms with van der Waals surface area (Å²) in [5, 5.41) is 2.99. The second-order valence-electron chi connectivity index (χ2n) is 10.3. The molecule has 0 saturated heterocycles. The third-order valence-corrected chi connectivity index (χ3v) is 8.86. The van der Waals surface area contributed by atoms with Crippen molar-refractivity contribution in [2.24, 2.45) is 0 Å². The minimum absolute atomic E-state index is 0.0646. The van der Waals surface area contributed by atoms with Crippen LogP contribution in [0.3, 0.4) is 0 Å². The van der Waals surface area contributed by atoms with Crippen molar-refractivity contribution < 1.29 is 22.7 Å². The molecule has 0 heterocycles. The summed E-state index contributed by atoms with van der Waals surface area (Å²) in [4.78, 5) is 29.1. The Morgan fingerprint density at radius 2 is 1.56 bits per heavy atom. The van der Waals surface area contributed by atoms with Gasteiger partial charge in [-0.3, -0.25) is 13.9 Å². The molecule has 9 heteroatoms. The summed E-state index contributed by atoms with van der Waals surface area (Å²) in [5.74, 6) is -0.189. The maximum atomic E-state index is 14.1. The first-order valence-corrected chi connectivity index (χ1v) is 15.3. The van der Waals surface area contributed by atoms with Crippen LogP contribution >= 0.6 is 0 Å². The van der Waals surface area contributed by atoms with Crippen LogP contribution < -0.4 is 14.4 Å². The standard InChI is InChI=1S/C32H41N3O5S/c1-7-25(5)33-32(37)30(8-2)34(21-26-11-9-10-24(4)20-26)31(36)22-35(27-14-16-28(40-6)17-15-27)41(38,39)29-18-12-23(3)13-19-29/h9-20,25,30H,7-8,21-22H2,1-6H3,(H,33,37)/t25-,30+/m0/s1. The van der Waals surface area contributed by atoms with E-state index >= 15 is 0 Å². The average Bonchev–Trinajstić information content (AvgIpc) is 2.95. The van der Waals surface area contributed by atoms with Gasteiger partial charge in [-0.25, -0.2) is 8.42 Å². The van der Waals surface area contributed by atoms with E-state index in [0.29, 0.717) is 17.9 Å². The number of aryl methyl sites for hydroxylation is 2. The molecule has 0 aliphatic heterocycles. The number of carbonyl (C=O) groups is 2. The van der Waals surface area contributed by atoms with Gasteiger partial charge < -0.3 is 15.0 Å². The lowest BCUT2D eigenvalue weighted by atomic mass is 10.1. The summed E-state index contributed by atoms with van der Waals surface area (Å²) in [6.07, 6.45) is 1.11. The van der Waals surface area contributed by atoms with Gasteiger partial charge in [-0.15, -0.1) is 0 Å². The molecule has 0 spiro atoms. The normalized spacial score (nSPS) is 12.7. The van der Waals surface area contributed by atoms with E-state index in [9.17, 15) is 18.0 Å². The number of ether oxygens (including phenoxy) is 1. The highest BCUT2D eigenvalue weighted by Gasteiger charge is 2.34. The van der Waals surface area contributed by atoms with Crippen LogP contribution in [0.4, 0.5) is 5.69 Å². The summed E-state index contributed by atoms with van der Waals surface area (Å²) in [7, 11) is -2.60. The van der Waals surface area contributed by atoms with E-state index in [1.165, 1.54) is 24.1 Å². The second kappa shape index (κ2) is 14.2. The Balaban J connectivity index is 2.06. The lowest BCUT2D eigenvalue weighted by Crippen LogP contribution is -2.53. The fourth-order valence-electron chi connectivity index (χ4n) is 4.48. The zero-order valence-corrected chi connectivity index (χ0v) is 25.6. The molecule has 3 aromatic carbocycles. The molecule has 41 heavy (non-hydrogen) atoms. The summed E-state index contributed by atoms with van der Waals surface area (Å²) in [5.41, 5.74) is 3.10. The third-order valence-electron chi connectivity index (χ3n) is 7.07. The molecule has 0 aromatic heterocycles. The van der Waals surface area contributed by atoms with Gasteiger partial charge in [-0.1, -0.05) is 61.4 Å². The Morgan fingerprint density at radius 3 is 2.12 bits per heavy atom. The first kappa shape index (κ1) is 31.7. The zero-order valence-electron chi connectivity index (χ0n) is 24.8. The average molecular weight is 580 g/mol. The molecule has 2 atom stereocenters. The maximum absolute atomic E-state index is 14.1. The van der Waals surface area contributed by atoms with Crippen LogP contribution in [-0.4, -0.2) is 50.9 Å². The molecular formula is C32H41N3O5S. The lowest BCUT2D eigenvalue weighted by molar-refractivity contribution is -0.140. The van der Waals surface area contributed by atoms with E-state index in [1.54, 1.807) is 36.4 Å². The van der Waals surface area contributed by atoms with Gasteiger partial charge in [0.05, 0.1) is 17.7 Å². The number of nitrogens with zero attached hydrogens (tertiary/aromatic N) is 2. The number of nitrogens with one attached hydrogen (secondary N) is 1. The quantitative estimate of drug-likeness (QED) is 0.299. The molecule has 0 fully saturated rings. The number of hydrogen-bond donors (Lipinski definition) is 1. The summed E-state index contributed by atoms with van der Waals surface area (Å²) >= 11 is 0. The minimum atomic E-state index is -4.13. The van der Waals surface area contributed by atoms with Gasteiger partial charge in [0, 0.05) is 12.6 Å². The second-order valence-corrected chi connectivity index (χ2v) is 12.1. The highest BCUT2D eigenvalue weighted by Crippen LogP contribution is 2.27. The van der Waals surface area contributed by atoms with Crippen molar-refractivity contribution >= 4 is 27.5 Å². The number of rotatable bonds is 13. The van der Waals surface area contributed by atoms with Crippen molar-refractivity contribution in [3.05, 3.63) is 89.5 Å². The van der Waals surface area contributed by atoms with E-state index in [4.69, 9.17) is 4.74 Å². The Hall–Kier alpha value is -3.85. The molecule has 3 aromatic rings. The number of benzene rings is 3. The number of anilines is 1. The van der Waals surface area contributed by atoms with Crippen molar-refractivity contribution in [3.63, 3.8) is 0 Å². The van der Waals surface area contributed by atoms with Crippen LogP contribution in [0.5, 0.6) is 5.75 Å². The highest BCUT2D eigenvalue weighted by molar-refractivity contribution is 7.92. The fourth-order valence-corrected chi connectivity index (χ4v) is 5.90. The maximum Gasteiger partial charge on any atom is 0.264 e. The SMILES string of the molecule is CC[C@H](C(=O)N[C@@H](C)CC)N(Cc1cccc(C)c1)C(=O)CN(c1ccc(OC)cc1)S(=O)(=O)c1ccc(C)cc1. The van der Waals surface area contributed by atoms with E-state index in [0.717, 1.165) is 27.4 Å². The van der Waals surface area contributed by atoms with E-state index in [-0.39, 0.29) is 23.4 Å². The van der Waals surface area contributed by atoms with Crippen LogP contribution in [0.1, 0.15) is 50.3 Å². The van der Waals surface area contributed by atoms with E-state index in [1.807, 2.05) is 58.9 Å². The van der Waals surface area contributed by atoms with Crippen LogP contribution in [0.15, 0.2) is 77.7 Å². The van der Waals surface area contributed by atoms with Crippen LogP contribution in [-0.2, 0) is 26.2 Å². The molecule has 0 aliphatic rings. The van der Waals surface area contributed by atoms with Gasteiger partial charge in [-0.05, 0) is 75.6 Å². The van der Waals surface area contributed by atoms with Crippen LogP contribution in [0.25, 0.3) is 0 Å². The molecular weight excluding hydrogens is 538 g/mol. The van der Waals surface area contributed by atoms with Gasteiger partial charge in [0.25, 0.3) is 10.0 Å². The highest BCUT2D eigenvalue weighted by atomic mass is 32.2. The van der Waals surface area contributed by atoms with Gasteiger partial charge >= 0.3 is 0 Å². The topological polar surface area (TPSA) is 96.0 Å². The largest absolute Gasteiger partial charge is 0.497 e. The Labute approximate surface area is 244 Å². The van der Waals surface area contributed by atoms with Gasteiger partial charge in [-0.2, -0.15) is 0 Å². The van der Waals surface area contributed by atoms with Crippen molar-refractivity contribution in [2.75, 3.05) is 18.0 Å². The van der Waals surface area contributed by atoms with Crippen molar-refractivity contribution in [3.8, 4) is 5.75 Å². The molecule has 0 unspecified atom stereocenters. The lowest BCUT2D eigenvalue weighted by Gasteiger charge is -2.33. The monoisotopic (exact) mass is 579 g/mol. The van der Waals surface area contributed by atoms with Crippen LogP contribution in [0, 0.1) is 13.8 Å². The predicted molar refractivity (Wildman–Crippen MR) is 162 cm³/mol. The number of sulfonamides is 1. The number of hydrogen-bond acceptors (Lipinski definition) is 5. The molecule has 220 valence electrons. The van der Waals surface area contributed by atoms with Gasteiger partial charge in [0.1, 0.15) is 18.3 Å². The molecule has 0 saturated carbocycles. The molecule has 0 radical (unpaired) electrons. The zero-order chi connectivity index (χ0) is 30.2. The number of amides is 2. The Morgan fingerprint density at radius 1 is 0.902 bits per heavy atom. The summed E-state index contributed by atoms with van der Waals surface area (Å²) in [6.45, 7) is 9.25. The van der Waals surface area contributed by atoms with Gasteiger partial charge in [0.15, 0.2) is 0 Å². The Bertz CT molecular complexity index is 1420. The molecule has 0 bridgehead atoms. The Kier molecular flexibility index (Phi) is 10.9. The van der Waals surface area contributed by atoms with Gasteiger partial charge in [0.2, 0.25) is 11.8 Å². The van der Waals surface area contributed by atoms with E-state index in [2.05, 4.69) is 5.32 Å². The number of methoxy groups -OCH3 is 1. The smallest absolute Gasteiger partial charge is 0.264 e. The summed E-state index contributed by atoms with van der Waals surface area (Å²) < 4.78 is 34.3. The number of carbonyl (C=O) groups excluding carboxylic acids is 2. The molecule has 2 amide bonds. The van der Waals surface area contributed by atoms with E-state index < -0.39 is 28.5 Å². The summed E-state index contributed by atoms with van der Waals surface area (Å²) in [6, 6.07) is 19.9. The van der Waals surface area contributed by atoms with Crippen molar-refractivity contribution in [1.82, 2.24) is 10.2 Å². The predicted octanol–water partition coefficient (Wildman–Crippen LogP) is 5.23. The van der Waals surface area contributed by atoms with Crippen molar-refractivity contribution in [1.29, 1.82) is 0 Å². The first-order valence-electron chi connectivity index (χ1n) is 13.9.